The normalized spacial score (nSPS) is 14.3. The highest BCUT2D eigenvalue weighted by atomic mass is 32.1. The van der Waals surface area contributed by atoms with E-state index >= 15 is 0 Å². The predicted molar refractivity (Wildman–Crippen MR) is 83.9 cm³/mol. The Morgan fingerprint density at radius 3 is 2.95 bits per heavy atom. The molecule has 0 aliphatic rings. The van der Waals surface area contributed by atoms with Gasteiger partial charge < -0.3 is 5.32 Å². The van der Waals surface area contributed by atoms with E-state index in [2.05, 4.69) is 61.6 Å². The second kappa shape index (κ2) is 5.88. The van der Waals surface area contributed by atoms with Crippen LogP contribution < -0.4 is 5.32 Å². The summed E-state index contributed by atoms with van der Waals surface area (Å²) in [5, 5.41) is 3.52. The van der Waals surface area contributed by atoms with Gasteiger partial charge in [0, 0.05) is 17.1 Å². The zero-order valence-electron chi connectivity index (χ0n) is 12.4. The average molecular weight is 277 g/mol. The van der Waals surface area contributed by atoms with Gasteiger partial charge in [0.1, 0.15) is 0 Å². The highest BCUT2D eigenvalue weighted by Gasteiger charge is 2.11. The minimum Gasteiger partial charge on any atom is -0.311 e. The van der Waals surface area contributed by atoms with Gasteiger partial charge in [0.2, 0.25) is 0 Å². The molecule has 0 aromatic carbocycles. The molecule has 0 spiro atoms. The van der Waals surface area contributed by atoms with Crippen molar-refractivity contribution in [1.82, 2.24) is 14.7 Å². The van der Waals surface area contributed by atoms with Crippen LogP contribution in [0, 0.1) is 13.8 Å². The fourth-order valence-electron chi connectivity index (χ4n) is 2.12. The Morgan fingerprint density at radius 2 is 2.26 bits per heavy atom. The fraction of sp³-hybridized carbons (Fsp3) is 0.533. The molecule has 0 saturated carbocycles. The number of thiazole rings is 1. The summed E-state index contributed by atoms with van der Waals surface area (Å²) in [7, 11) is 0. The van der Waals surface area contributed by atoms with Gasteiger partial charge in [-0.25, -0.2) is 4.98 Å². The molecule has 0 amide bonds. The van der Waals surface area contributed by atoms with Crippen molar-refractivity contribution in [2.75, 3.05) is 6.54 Å². The van der Waals surface area contributed by atoms with Gasteiger partial charge in [0.25, 0.3) is 0 Å². The number of aryl methyl sites for hydroxylation is 2. The molecular formula is C15H23N3S. The number of hydrogen-bond acceptors (Lipinski definition) is 3. The third-order valence-electron chi connectivity index (χ3n) is 3.41. The first-order valence-corrected chi connectivity index (χ1v) is 7.71. The van der Waals surface area contributed by atoms with E-state index in [0.717, 1.165) is 23.6 Å². The van der Waals surface area contributed by atoms with Crippen molar-refractivity contribution in [1.29, 1.82) is 0 Å². The zero-order chi connectivity index (χ0) is 14.0. The number of imidazole rings is 1. The molecule has 0 saturated heterocycles. The van der Waals surface area contributed by atoms with E-state index in [1.165, 1.54) is 16.1 Å². The van der Waals surface area contributed by atoms with Gasteiger partial charge in [-0.2, -0.15) is 0 Å². The van der Waals surface area contributed by atoms with Crippen molar-refractivity contribution >= 4 is 22.4 Å². The van der Waals surface area contributed by atoms with E-state index in [9.17, 15) is 0 Å². The van der Waals surface area contributed by atoms with E-state index in [4.69, 9.17) is 0 Å². The molecule has 1 unspecified atom stereocenters. The molecule has 0 radical (unpaired) electrons. The van der Waals surface area contributed by atoms with Crippen LogP contribution in [0.25, 0.3) is 11.0 Å². The average Bonchev–Trinajstić information content (AvgIpc) is 2.84. The molecule has 1 atom stereocenters. The van der Waals surface area contributed by atoms with Crippen molar-refractivity contribution in [2.45, 2.75) is 47.1 Å². The first kappa shape index (κ1) is 14.3. The minimum absolute atomic E-state index is 0.407. The minimum atomic E-state index is 0.407. The van der Waals surface area contributed by atoms with Gasteiger partial charge in [-0.3, -0.25) is 4.40 Å². The SMILES string of the molecule is CCCNC(C)C(C)=Cc1c(C)nc2sc(C)cn12. The maximum absolute atomic E-state index is 4.62. The summed E-state index contributed by atoms with van der Waals surface area (Å²) in [4.78, 5) is 7.01. The highest BCUT2D eigenvalue weighted by Crippen LogP contribution is 2.22. The zero-order valence-corrected chi connectivity index (χ0v) is 13.3. The summed E-state index contributed by atoms with van der Waals surface area (Å²) in [5.74, 6) is 0. The number of fused-ring (bicyclic) bond motifs is 1. The molecule has 4 heteroatoms. The van der Waals surface area contributed by atoms with Crippen molar-refractivity contribution in [3.05, 3.63) is 28.0 Å². The van der Waals surface area contributed by atoms with Crippen LogP contribution in [-0.2, 0) is 0 Å². The largest absolute Gasteiger partial charge is 0.311 e. The molecular weight excluding hydrogens is 254 g/mol. The number of nitrogens with zero attached hydrogens (tertiary/aromatic N) is 2. The summed E-state index contributed by atoms with van der Waals surface area (Å²) in [6.07, 6.45) is 5.59. The highest BCUT2D eigenvalue weighted by molar-refractivity contribution is 7.17. The smallest absolute Gasteiger partial charge is 0.194 e. The van der Waals surface area contributed by atoms with Crippen LogP contribution in [0.5, 0.6) is 0 Å². The van der Waals surface area contributed by atoms with Gasteiger partial charge >= 0.3 is 0 Å². The predicted octanol–water partition coefficient (Wildman–Crippen LogP) is 3.80. The Labute approximate surface area is 119 Å². The Morgan fingerprint density at radius 1 is 1.53 bits per heavy atom. The van der Waals surface area contributed by atoms with Gasteiger partial charge in [0.15, 0.2) is 4.96 Å². The van der Waals surface area contributed by atoms with Crippen molar-refractivity contribution in [2.24, 2.45) is 0 Å². The molecule has 2 aromatic rings. The lowest BCUT2D eigenvalue weighted by molar-refractivity contribution is 0.604. The second-order valence-electron chi connectivity index (χ2n) is 5.14. The van der Waals surface area contributed by atoms with Crippen LogP contribution in [0.15, 0.2) is 11.8 Å². The molecule has 2 rings (SSSR count). The molecule has 1 N–H and O–H groups in total. The molecule has 2 aromatic heterocycles. The monoisotopic (exact) mass is 277 g/mol. The number of aromatic nitrogens is 2. The van der Waals surface area contributed by atoms with Crippen LogP contribution in [0.1, 0.15) is 43.5 Å². The summed E-state index contributed by atoms with van der Waals surface area (Å²) >= 11 is 1.74. The molecule has 0 bridgehead atoms. The van der Waals surface area contributed by atoms with Crippen molar-refractivity contribution in [3.63, 3.8) is 0 Å². The Kier molecular flexibility index (Phi) is 4.42. The number of nitrogens with one attached hydrogen (secondary N) is 1. The quantitative estimate of drug-likeness (QED) is 0.900. The van der Waals surface area contributed by atoms with Crippen molar-refractivity contribution < 1.29 is 0 Å². The lowest BCUT2D eigenvalue weighted by Gasteiger charge is -2.13. The number of hydrogen-bond donors (Lipinski definition) is 1. The molecule has 2 heterocycles. The summed E-state index contributed by atoms with van der Waals surface area (Å²) < 4.78 is 2.20. The lowest BCUT2D eigenvalue weighted by atomic mass is 10.1. The first-order chi connectivity index (χ1) is 9.02. The number of rotatable bonds is 5. The van der Waals surface area contributed by atoms with Gasteiger partial charge in [-0.1, -0.05) is 12.5 Å². The van der Waals surface area contributed by atoms with E-state index in [1.807, 2.05) is 0 Å². The summed E-state index contributed by atoms with van der Waals surface area (Å²) in [5.41, 5.74) is 3.66. The maximum Gasteiger partial charge on any atom is 0.194 e. The van der Waals surface area contributed by atoms with Gasteiger partial charge in [-0.15, -0.1) is 11.3 Å². The third kappa shape index (κ3) is 3.07. The molecule has 104 valence electrons. The Bertz CT molecular complexity index is 592. The second-order valence-corrected chi connectivity index (χ2v) is 6.35. The summed E-state index contributed by atoms with van der Waals surface area (Å²) in [6.45, 7) is 11.9. The molecule has 0 aliphatic carbocycles. The standard InChI is InChI=1S/C15H23N3S/c1-6-7-16-12(4)10(2)8-14-13(5)17-15-18(14)9-11(3)19-15/h8-9,12,16H,6-7H2,1-5H3. The maximum atomic E-state index is 4.62. The van der Waals surface area contributed by atoms with E-state index in [1.54, 1.807) is 11.3 Å². The topological polar surface area (TPSA) is 29.3 Å². The van der Waals surface area contributed by atoms with E-state index < -0.39 is 0 Å². The Balaban J connectivity index is 2.30. The van der Waals surface area contributed by atoms with Gasteiger partial charge in [-0.05, 0) is 46.7 Å². The molecule has 19 heavy (non-hydrogen) atoms. The van der Waals surface area contributed by atoms with Crippen LogP contribution in [0.3, 0.4) is 0 Å². The van der Waals surface area contributed by atoms with Gasteiger partial charge in [0.05, 0.1) is 11.4 Å². The Hall–Kier alpha value is -1.13. The first-order valence-electron chi connectivity index (χ1n) is 6.89. The summed E-state index contributed by atoms with van der Waals surface area (Å²) in [6, 6.07) is 0.407. The fourth-order valence-corrected chi connectivity index (χ4v) is 3.00. The van der Waals surface area contributed by atoms with Crippen LogP contribution in [0.2, 0.25) is 0 Å². The van der Waals surface area contributed by atoms with E-state index in [0.29, 0.717) is 6.04 Å². The van der Waals surface area contributed by atoms with Crippen LogP contribution in [0.4, 0.5) is 0 Å². The molecule has 3 nitrogen and oxygen atoms in total. The third-order valence-corrected chi connectivity index (χ3v) is 4.31. The van der Waals surface area contributed by atoms with Crippen LogP contribution >= 0.6 is 11.3 Å². The van der Waals surface area contributed by atoms with Crippen molar-refractivity contribution in [3.8, 4) is 0 Å². The molecule has 0 fully saturated rings. The molecule has 0 aliphatic heterocycles. The van der Waals surface area contributed by atoms with E-state index in [-0.39, 0.29) is 0 Å². The van der Waals surface area contributed by atoms with Crippen LogP contribution in [-0.4, -0.2) is 22.0 Å². The lowest BCUT2D eigenvalue weighted by Crippen LogP contribution is -2.27.